The van der Waals surface area contributed by atoms with Crippen LogP contribution in [0.25, 0.3) is 0 Å². The third-order valence-electron chi connectivity index (χ3n) is 3.22. The maximum Gasteiger partial charge on any atom is 0.122 e. The van der Waals surface area contributed by atoms with Gasteiger partial charge in [-0.25, -0.2) is 0 Å². The normalized spacial score (nSPS) is 12.2. The maximum absolute atomic E-state index is 10.1. The third-order valence-corrected chi connectivity index (χ3v) is 3.22. The highest BCUT2D eigenvalue weighted by molar-refractivity contribution is 5.54. The van der Waals surface area contributed by atoms with Crippen molar-refractivity contribution in [2.75, 3.05) is 18.0 Å². The Hall–Kier alpha value is -1.48. The van der Waals surface area contributed by atoms with Gasteiger partial charge in [-0.2, -0.15) is 0 Å². The predicted molar refractivity (Wildman–Crippen MR) is 78.0 cm³/mol. The average molecular weight is 248 g/mol. The molecular weight excluding hydrogens is 224 g/mol. The fraction of sp³-hybridized carbons (Fsp3) is 0.467. The average Bonchev–Trinajstić information content (AvgIpc) is 2.37. The first-order valence-electron chi connectivity index (χ1n) is 6.58. The van der Waals surface area contributed by atoms with Crippen LogP contribution < -0.4 is 10.6 Å². The Morgan fingerprint density at radius 2 is 2.06 bits per heavy atom. The molecule has 0 amide bonds. The van der Waals surface area contributed by atoms with Crippen LogP contribution in [0, 0.1) is 0 Å². The highest BCUT2D eigenvalue weighted by atomic mass is 16.3. The summed E-state index contributed by atoms with van der Waals surface area (Å²) in [5, 5.41) is 10.1. The molecule has 0 unspecified atom stereocenters. The summed E-state index contributed by atoms with van der Waals surface area (Å²) in [5.74, 6) is 0.288. The minimum absolute atomic E-state index is 0.131. The Bertz CT molecular complexity index is 386. The monoisotopic (exact) mass is 248 g/mol. The molecule has 1 aromatic rings. The van der Waals surface area contributed by atoms with Gasteiger partial charge >= 0.3 is 0 Å². The minimum Gasteiger partial charge on any atom is -0.508 e. The molecule has 0 bridgehead atoms. The zero-order chi connectivity index (χ0) is 13.5. The van der Waals surface area contributed by atoms with Gasteiger partial charge in [0.25, 0.3) is 0 Å². The molecule has 1 aromatic carbocycles. The summed E-state index contributed by atoms with van der Waals surface area (Å²) in [5.41, 5.74) is 7.90. The number of aromatic hydroxyl groups is 1. The van der Waals surface area contributed by atoms with Crippen molar-refractivity contribution in [2.24, 2.45) is 5.73 Å². The molecular formula is C15H24N2O. The number of nitrogens with zero attached hydrogens (tertiary/aromatic N) is 1. The molecule has 1 atom stereocenters. The van der Waals surface area contributed by atoms with Crippen molar-refractivity contribution in [3.63, 3.8) is 0 Å². The molecule has 0 aliphatic heterocycles. The number of nitrogens with two attached hydrogens (primary N) is 1. The predicted octanol–water partition coefficient (Wildman–Crippen LogP) is 3.20. The second-order valence-electron chi connectivity index (χ2n) is 4.39. The molecule has 3 N–H and O–H groups in total. The van der Waals surface area contributed by atoms with E-state index < -0.39 is 0 Å². The summed E-state index contributed by atoms with van der Waals surface area (Å²) in [7, 11) is 0. The van der Waals surface area contributed by atoms with Crippen LogP contribution in [0.4, 0.5) is 5.69 Å². The van der Waals surface area contributed by atoms with E-state index in [1.165, 1.54) is 0 Å². The van der Waals surface area contributed by atoms with Gasteiger partial charge < -0.3 is 15.7 Å². The van der Waals surface area contributed by atoms with E-state index >= 15 is 0 Å². The van der Waals surface area contributed by atoms with E-state index in [4.69, 9.17) is 5.73 Å². The quantitative estimate of drug-likeness (QED) is 0.728. The van der Waals surface area contributed by atoms with E-state index in [2.05, 4.69) is 25.3 Å². The van der Waals surface area contributed by atoms with E-state index in [9.17, 15) is 5.11 Å². The molecule has 0 aliphatic rings. The Kier molecular flexibility index (Phi) is 5.72. The molecule has 0 saturated heterocycles. The Labute approximate surface area is 110 Å². The molecule has 3 nitrogen and oxygen atoms in total. The number of phenolic OH excluding ortho intramolecular Hbond substituents is 1. The lowest BCUT2D eigenvalue weighted by Gasteiger charge is -2.22. The molecule has 0 aliphatic carbocycles. The zero-order valence-corrected chi connectivity index (χ0v) is 11.4. The van der Waals surface area contributed by atoms with Crippen molar-refractivity contribution >= 4 is 5.69 Å². The lowest BCUT2D eigenvalue weighted by atomic mass is 10.0. The highest BCUT2D eigenvalue weighted by Crippen LogP contribution is 2.30. The van der Waals surface area contributed by atoms with E-state index in [1.807, 2.05) is 18.2 Å². The van der Waals surface area contributed by atoms with Gasteiger partial charge in [-0.05, 0) is 32.8 Å². The lowest BCUT2D eigenvalue weighted by molar-refractivity contribution is 0.459. The number of anilines is 1. The Balaban J connectivity index is 2.88. The lowest BCUT2D eigenvalue weighted by Crippen LogP contribution is -2.21. The molecule has 0 radical (unpaired) electrons. The van der Waals surface area contributed by atoms with Crippen molar-refractivity contribution in [3.05, 3.63) is 36.4 Å². The van der Waals surface area contributed by atoms with Crippen LogP contribution in [0.15, 0.2) is 30.9 Å². The molecule has 0 spiro atoms. The summed E-state index contributed by atoms with van der Waals surface area (Å²) >= 11 is 0. The summed E-state index contributed by atoms with van der Waals surface area (Å²) in [6.45, 7) is 9.74. The van der Waals surface area contributed by atoms with Crippen molar-refractivity contribution in [1.29, 1.82) is 0 Å². The molecule has 0 heterocycles. The molecule has 18 heavy (non-hydrogen) atoms. The number of rotatable bonds is 7. The standard InChI is InChI=1S/C15H24N2O/c1-4-7-8-14(16)13-10-9-12(11-15(13)18)17(5-2)6-3/h4,9-11,14,18H,1,5-8,16H2,2-3H3/t14-/m0/s1. The summed E-state index contributed by atoms with van der Waals surface area (Å²) in [6, 6.07) is 5.62. The first kappa shape index (κ1) is 14.6. The van der Waals surface area contributed by atoms with Crippen molar-refractivity contribution in [3.8, 4) is 5.75 Å². The molecule has 0 aromatic heterocycles. The van der Waals surface area contributed by atoms with Crippen LogP contribution in [0.2, 0.25) is 0 Å². The smallest absolute Gasteiger partial charge is 0.122 e. The van der Waals surface area contributed by atoms with Crippen molar-refractivity contribution in [2.45, 2.75) is 32.7 Å². The van der Waals surface area contributed by atoms with E-state index in [1.54, 1.807) is 6.07 Å². The van der Waals surface area contributed by atoms with E-state index in [0.717, 1.165) is 37.2 Å². The number of allylic oxidation sites excluding steroid dienone is 1. The van der Waals surface area contributed by atoms with Crippen LogP contribution in [-0.4, -0.2) is 18.2 Å². The summed E-state index contributed by atoms with van der Waals surface area (Å²) in [6.07, 6.45) is 3.52. The van der Waals surface area contributed by atoms with Gasteiger partial charge in [0.05, 0.1) is 0 Å². The van der Waals surface area contributed by atoms with Gasteiger partial charge in [-0.3, -0.25) is 0 Å². The molecule has 100 valence electrons. The van der Waals surface area contributed by atoms with E-state index in [0.29, 0.717) is 0 Å². The van der Waals surface area contributed by atoms with Crippen LogP contribution in [-0.2, 0) is 0 Å². The SMILES string of the molecule is C=CCC[C@H](N)c1ccc(N(CC)CC)cc1O. The maximum atomic E-state index is 10.1. The van der Waals surface area contributed by atoms with Crippen LogP contribution in [0.1, 0.15) is 38.3 Å². The Morgan fingerprint density at radius 1 is 1.39 bits per heavy atom. The van der Waals surface area contributed by atoms with Gasteiger partial charge in [0.1, 0.15) is 5.75 Å². The first-order chi connectivity index (χ1) is 8.63. The van der Waals surface area contributed by atoms with Crippen molar-refractivity contribution < 1.29 is 5.11 Å². The van der Waals surface area contributed by atoms with Crippen molar-refractivity contribution in [1.82, 2.24) is 0 Å². The molecule has 0 saturated carbocycles. The van der Waals surface area contributed by atoms with Gasteiger partial charge in [-0.15, -0.1) is 6.58 Å². The molecule has 0 fully saturated rings. The number of phenols is 1. The second-order valence-corrected chi connectivity index (χ2v) is 4.39. The number of hydrogen-bond acceptors (Lipinski definition) is 3. The van der Waals surface area contributed by atoms with Crippen LogP contribution >= 0.6 is 0 Å². The summed E-state index contributed by atoms with van der Waals surface area (Å²) in [4.78, 5) is 2.19. The fourth-order valence-electron chi connectivity index (χ4n) is 2.08. The molecule has 1 rings (SSSR count). The van der Waals surface area contributed by atoms with Crippen LogP contribution in [0.5, 0.6) is 5.75 Å². The van der Waals surface area contributed by atoms with Gasteiger partial charge in [-0.1, -0.05) is 12.1 Å². The second kappa shape index (κ2) is 7.07. The topological polar surface area (TPSA) is 49.5 Å². The van der Waals surface area contributed by atoms with Crippen LogP contribution in [0.3, 0.4) is 0 Å². The fourth-order valence-corrected chi connectivity index (χ4v) is 2.08. The van der Waals surface area contributed by atoms with Gasteiger partial charge in [0, 0.05) is 36.4 Å². The van der Waals surface area contributed by atoms with E-state index in [-0.39, 0.29) is 11.8 Å². The summed E-state index contributed by atoms with van der Waals surface area (Å²) < 4.78 is 0. The van der Waals surface area contributed by atoms with Gasteiger partial charge in [0.2, 0.25) is 0 Å². The number of benzene rings is 1. The highest BCUT2D eigenvalue weighted by Gasteiger charge is 2.12. The third kappa shape index (κ3) is 3.50. The zero-order valence-electron chi connectivity index (χ0n) is 11.4. The number of hydrogen-bond donors (Lipinski definition) is 2. The Morgan fingerprint density at radius 3 is 2.56 bits per heavy atom. The first-order valence-corrected chi connectivity index (χ1v) is 6.58. The largest absolute Gasteiger partial charge is 0.508 e. The van der Waals surface area contributed by atoms with Gasteiger partial charge in [0.15, 0.2) is 0 Å². The molecule has 3 heteroatoms. The minimum atomic E-state index is -0.131.